The van der Waals surface area contributed by atoms with Gasteiger partial charge in [-0.25, -0.2) is 9.80 Å². The van der Waals surface area contributed by atoms with Crippen molar-refractivity contribution in [3.05, 3.63) is 23.3 Å². The molecule has 0 atom stereocenters. The van der Waals surface area contributed by atoms with E-state index in [4.69, 9.17) is 9.47 Å². The third kappa shape index (κ3) is 2.21. The van der Waals surface area contributed by atoms with Crippen LogP contribution in [-0.4, -0.2) is 30.6 Å². The molecule has 1 aromatic rings. The quantitative estimate of drug-likeness (QED) is 0.881. The lowest BCUT2D eigenvalue weighted by Crippen LogP contribution is -2.38. The van der Waals surface area contributed by atoms with Crippen molar-refractivity contribution in [1.29, 1.82) is 0 Å². The summed E-state index contributed by atoms with van der Waals surface area (Å²) in [4.78, 5) is 11.8. The molecule has 0 fully saturated rings. The minimum absolute atomic E-state index is 0.179. The molecule has 1 aromatic carbocycles. The van der Waals surface area contributed by atoms with Crippen LogP contribution >= 0.6 is 0 Å². The van der Waals surface area contributed by atoms with Gasteiger partial charge in [-0.1, -0.05) is 6.92 Å². The first-order chi connectivity index (χ1) is 9.28. The van der Waals surface area contributed by atoms with Gasteiger partial charge in [-0.05, 0) is 24.1 Å². The summed E-state index contributed by atoms with van der Waals surface area (Å²) in [6.45, 7) is 3.35. The van der Waals surface area contributed by atoms with Gasteiger partial charge in [-0.15, -0.1) is 0 Å². The van der Waals surface area contributed by atoms with E-state index >= 15 is 0 Å². The van der Waals surface area contributed by atoms with Gasteiger partial charge < -0.3 is 14.8 Å². The van der Waals surface area contributed by atoms with Crippen molar-refractivity contribution in [3.63, 3.8) is 0 Å². The first kappa shape index (κ1) is 11.8. The summed E-state index contributed by atoms with van der Waals surface area (Å²) < 4.78 is 10.7. The van der Waals surface area contributed by atoms with Crippen molar-refractivity contribution in [3.8, 4) is 11.5 Å². The van der Waals surface area contributed by atoms with Gasteiger partial charge in [0, 0.05) is 12.1 Å². The van der Waals surface area contributed by atoms with Crippen LogP contribution in [0, 0.1) is 0 Å². The van der Waals surface area contributed by atoms with Gasteiger partial charge in [0.15, 0.2) is 11.5 Å². The molecule has 2 aliphatic rings. The van der Waals surface area contributed by atoms with E-state index in [1.807, 2.05) is 19.1 Å². The molecule has 100 valence electrons. The molecule has 0 aliphatic carbocycles. The Morgan fingerprint density at radius 1 is 1.42 bits per heavy atom. The average Bonchev–Trinajstić information content (AvgIpc) is 2.88. The van der Waals surface area contributed by atoms with E-state index in [-0.39, 0.29) is 12.8 Å². The first-order valence-corrected chi connectivity index (χ1v) is 6.30. The maximum absolute atomic E-state index is 11.8. The van der Waals surface area contributed by atoms with Gasteiger partial charge in [0.1, 0.15) is 0 Å². The summed E-state index contributed by atoms with van der Waals surface area (Å²) in [5, 5.41) is 8.37. The van der Waals surface area contributed by atoms with Crippen LogP contribution in [-0.2, 0) is 6.54 Å². The van der Waals surface area contributed by atoms with E-state index < -0.39 is 0 Å². The van der Waals surface area contributed by atoms with Crippen LogP contribution in [0.2, 0.25) is 0 Å². The lowest BCUT2D eigenvalue weighted by Gasteiger charge is -2.22. The number of ether oxygens (including phenoxy) is 2. The Balaban J connectivity index is 1.79. The molecule has 2 heterocycles. The van der Waals surface area contributed by atoms with Crippen LogP contribution in [0.15, 0.2) is 17.2 Å². The first-order valence-electron chi connectivity index (χ1n) is 6.30. The second-order valence-electron chi connectivity index (χ2n) is 4.44. The number of fused-ring (bicyclic) bond motifs is 2. The fraction of sp³-hybridized carbons (Fsp3) is 0.385. The van der Waals surface area contributed by atoms with Gasteiger partial charge >= 0.3 is 6.03 Å². The monoisotopic (exact) mass is 261 g/mol. The number of hydrogen-bond donors (Lipinski definition) is 1. The Kier molecular flexibility index (Phi) is 2.98. The molecule has 0 radical (unpaired) electrons. The Bertz CT molecular complexity index is 542. The Labute approximate surface area is 111 Å². The Morgan fingerprint density at radius 2 is 2.21 bits per heavy atom. The molecule has 6 heteroatoms. The largest absolute Gasteiger partial charge is 0.454 e. The van der Waals surface area contributed by atoms with Gasteiger partial charge in [0.2, 0.25) is 6.79 Å². The number of benzene rings is 1. The molecule has 0 saturated carbocycles. The lowest BCUT2D eigenvalue weighted by atomic mass is 10.1. The lowest BCUT2D eigenvalue weighted by molar-refractivity contribution is 0.174. The molecule has 0 saturated heterocycles. The molecule has 19 heavy (non-hydrogen) atoms. The van der Waals surface area contributed by atoms with Gasteiger partial charge in [-0.3, -0.25) is 0 Å². The van der Waals surface area contributed by atoms with E-state index in [1.54, 1.807) is 6.21 Å². The highest BCUT2D eigenvalue weighted by atomic mass is 16.7. The summed E-state index contributed by atoms with van der Waals surface area (Å²) in [7, 11) is 0. The van der Waals surface area contributed by atoms with Gasteiger partial charge in [-0.2, -0.15) is 5.10 Å². The van der Waals surface area contributed by atoms with Gasteiger partial charge in [0.25, 0.3) is 0 Å². The van der Waals surface area contributed by atoms with Crippen LogP contribution in [0.3, 0.4) is 0 Å². The standard InChI is InChI=1S/C13H15N3O3/c1-2-3-14-13(17)16-7-10-5-12-11(18-8-19-12)4-9(10)6-15-16/h4-6H,2-3,7-8H2,1H3,(H,14,17). The van der Waals surface area contributed by atoms with E-state index in [0.29, 0.717) is 13.1 Å². The normalized spacial score (nSPS) is 15.3. The van der Waals surface area contributed by atoms with Crippen molar-refractivity contribution in [1.82, 2.24) is 10.3 Å². The van der Waals surface area contributed by atoms with Crippen molar-refractivity contribution in [2.24, 2.45) is 5.10 Å². The van der Waals surface area contributed by atoms with Crippen molar-refractivity contribution < 1.29 is 14.3 Å². The number of nitrogens with zero attached hydrogens (tertiary/aromatic N) is 2. The molecule has 0 unspecified atom stereocenters. The number of amides is 2. The fourth-order valence-electron chi connectivity index (χ4n) is 2.04. The molecule has 2 aliphatic heterocycles. The van der Waals surface area contributed by atoms with Crippen molar-refractivity contribution in [2.45, 2.75) is 19.9 Å². The van der Waals surface area contributed by atoms with Gasteiger partial charge in [0.05, 0.1) is 12.8 Å². The zero-order valence-corrected chi connectivity index (χ0v) is 10.7. The predicted molar refractivity (Wildman–Crippen MR) is 69.4 cm³/mol. The highest BCUT2D eigenvalue weighted by Gasteiger charge is 2.22. The van der Waals surface area contributed by atoms with Crippen molar-refractivity contribution in [2.75, 3.05) is 13.3 Å². The van der Waals surface area contributed by atoms with E-state index in [0.717, 1.165) is 29.0 Å². The summed E-state index contributed by atoms with van der Waals surface area (Å²) in [5.41, 5.74) is 1.97. The fourth-order valence-corrected chi connectivity index (χ4v) is 2.04. The average molecular weight is 261 g/mol. The third-order valence-corrected chi connectivity index (χ3v) is 3.05. The number of hydrogen-bond acceptors (Lipinski definition) is 4. The van der Waals surface area contributed by atoms with Crippen LogP contribution < -0.4 is 14.8 Å². The zero-order chi connectivity index (χ0) is 13.2. The Morgan fingerprint density at radius 3 is 3.00 bits per heavy atom. The number of carbonyl (C=O) groups excluding carboxylic acids is 1. The maximum atomic E-state index is 11.8. The van der Waals surface area contributed by atoms with Crippen LogP contribution in [0.25, 0.3) is 0 Å². The summed E-state index contributed by atoms with van der Waals surface area (Å²) >= 11 is 0. The summed E-state index contributed by atoms with van der Waals surface area (Å²) in [6.07, 6.45) is 2.57. The summed E-state index contributed by atoms with van der Waals surface area (Å²) in [6, 6.07) is 3.62. The number of nitrogens with one attached hydrogen (secondary N) is 1. The molecule has 6 nitrogen and oxygen atoms in total. The minimum Gasteiger partial charge on any atom is -0.454 e. The van der Waals surface area contributed by atoms with Crippen molar-refractivity contribution >= 4 is 12.2 Å². The molecule has 3 rings (SSSR count). The molecule has 2 amide bonds. The molecule has 0 bridgehead atoms. The highest BCUT2D eigenvalue weighted by molar-refractivity contribution is 5.86. The van der Waals surface area contributed by atoms with Crippen LogP contribution in [0.5, 0.6) is 11.5 Å². The number of rotatable bonds is 2. The second kappa shape index (κ2) is 4.79. The number of carbonyl (C=O) groups is 1. The molecule has 0 aromatic heterocycles. The topological polar surface area (TPSA) is 63.2 Å². The SMILES string of the molecule is CCCNC(=O)N1Cc2cc3c(cc2C=N1)OCO3. The maximum Gasteiger partial charge on any atom is 0.338 e. The molecule has 1 N–H and O–H groups in total. The van der Waals surface area contributed by atoms with Crippen LogP contribution in [0.1, 0.15) is 24.5 Å². The third-order valence-electron chi connectivity index (χ3n) is 3.05. The van der Waals surface area contributed by atoms with E-state index in [2.05, 4.69) is 10.4 Å². The number of urea groups is 1. The zero-order valence-electron chi connectivity index (χ0n) is 10.7. The molecule has 0 spiro atoms. The van der Waals surface area contributed by atoms with E-state index in [9.17, 15) is 4.79 Å². The summed E-state index contributed by atoms with van der Waals surface area (Å²) in [5.74, 6) is 1.46. The predicted octanol–water partition coefficient (Wildman–Crippen LogP) is 1.68. The van der Waals surface area contributed by atoms with Crippen LogP contribution in [0.4, 0.5) is 4.79 Å². The Hall–Kier alpha value is -2.24. The molecular weight excluding hydrogens is 246 g/mol. The second-order valence-corrected chi connectivity index (χ2v) is 4.44. The minimum atomic E-state index is -0.179. The number of hydrazone groups is 1. The van der Waals surface area contributed by atoms with E-state index in [1.165, 1.54) is 5.01 Å². The molecular formula is C13H15N3O3. The highest BCUT2D eigenvalue weighted by Crippen LogP contribution is 2.35. The smallest absolute Gasteiger partial charge is 0.338 e.